The highest BCUT2D eigenvalue weighted by Crippen LogP contribution is 2.35. The summed E-state index contributed by atoms with van der Waals surface area (Å²) in [5.74, 6) is 0.180. The molecule has 1 aromatic carbocycles. The van der Waals surface area contributed by atoms with Crippen molar-refractivity contribution in [2.75, 3.05) is 5.73 Å². The van der Waals surface area contributed by atoms with Crippen LogP contribution in [0.4, 0.5) is 10.2 Å². The van der Waals surface area contributed by atoms with Gasteiger partial charge in [-0.15, -0.1) is 0 Å². The molecule has 1 heterocycles. The molecule has 1 aromatic heterocycles. The number of nitrogens with two attached hydrogens (primary N) is 1. The van der Waals surface area contributed by atoms with E-state index in [2.05, 4.69) is 21.0 Å². The van der Waals surface area contributed by atoms with E-state index in [0.717, 1.165) is 0 Å². The number of hydrogen-bond donors (Lipinski definition) is 1. The molecule has 2 aromatic rings. The van der Waals surface area contributed by atoms with E-state index in [9.17, 15) is 4.39 Å². The molecule has 0 bridgehead atoms. The van der Waals surface area contributed by atoms with Crippen LogP contribution in [0.15, 0.2) is 22.8 Å². The zero-order valence-corrected chi connectivity index (χ0v) is 10.5. The van der Waals surface area contributed by atoms with Crippen LogP contribution in [0.2, 0.25) is 0 Å². The van der Waals surface area contributed by atoms with E-state index in [-0.39, 0.29) is 5.82 Å². The molecule has 2 N–H and O–H groups in total. The molecular formula is C11H11BrFN3. The second-order valence-corrected chi connectivity index (χ2v) is 4.47. The normalized spacial score (nSPS) is 10.8. The number of aromatic nitrogens is 2. The maximum atomic E-state index is 14.0. The molecule has 2 rings (SSSR count). The van der Waals surface area contributed by atoms with Gasteiger partial charge in [-0.3, -0.25) is 4.68 Å². The molecule has 84 valence electrons. The first kappa shape index (κ1) is 11.1. The smallest absolute Gasteiger partial charge is 0.135 e. The summed E-state index contributed by atoms with van der Waals surface area (Å²) in [6, 6.07) is 3.52. The van der Waals surface area contributed by atoms with Crippen LogP contribution < -0.4 is 5.73 Å². The predicted octanol–water partition coefficient (Wildman–Crippen LogP) is 2.88. The van der Waals surface area contributed by atoms with Crippen molar-refractivity contribution in [1.82, 2.24) is 9.78 Å². The van der Waals surface area contributed by atoms with Gasteiger partial charge in [-0.1, -0.05) is 22.0 Å². The molecule has 0 fully saturated rings. The first-order valence-electron chi connectivity index (χ1n) is 4.75. The Morgan fingerprint density at radius 1 is 1.44 bits per heavy atom. The Labute approximate surface area is 101 Å². The zero-order chi connectivity index (χ0) is 11.9. The Balaban J connectivity index is 2.73. The quantitative estimate of drug-likeness (QED) is 0.875. The van der Waals surface area contributed by atoms with Gasteiger partial charge in [0.05, 0.1) is 6.20 Å². The SMILES string of the molecule is Cc1ccc(Br)c(-c2cnn(C)c2N)c1F. The second-order valence-electron chi connectivity index (χ2n) is 3.62. The maximum absolute atomic E-state index is 14.0. The van der Waals surface area contributed by atoms with E-state index in [1.807, 2.05) is 0 Å². The molecule has 0 aliphatic carbocycles. The number of nitrogen functional groups attached to an aromatic ring is 1. The molecule has 0 spiro atoms. The van der Waals surface area contributed by atoms with Crippen LogP contribution in [0.5, 0.6) is 0 Å². The van der Waals surface area contributed by atoms with Crippen LogP contribution in [-0.2, 0) is 7.05 Å². The molecule has 0 unspecified atom stereocenters. The molecule has 5 heteroatoms. The fourth-order valence-corrected chi connectivity index (χ4v) is 2.06. The van der Waals surface area contributed by atoms with Crippen LogP contribution in [0, 0.1) is 12.7 Å². The van der Waals surface area contributed by atoms with E-state index < -0.39 is 0 Å². The number of benzene rings is 1. The molecule has 0 aliphatic rings. The molecule has 0 saturated carbocycles. The van der Waals surface area contributed by atoms with Crippen molar-refractivity contribution >= 4 is 21.7 Å². The van der Waals surface area contributed by atoms with Gasteiger partial charge in [-0.25, -0.2) is 4.39 Å². The summed E-state index contributed by atoms with van der Waals surface area (Å²) in [7, 11) is 1.72. The van der Waals surface area contributed by atoms with Gasteiger partial charge in [0.1, 0.15) is 11.6 Å². The van der Waals surface area contributed by atoms with Crippen LogP contribution in [0.1, 0.15) is 5.56 Å². The number of aryl methyl sites for hydroxylation is 2. The summed E-state index contributed by atoms with van der Waals surface area (Å²) in [6.07, 6.45) is 1.57. The minimum Gasteiger partial charge on any atom is -0.383 e. The van der Waals surface area contributed by atoms with Crippen molar-refractivity contribution in [2.45, 2.75) is 6.92 Å². The van der Waals surface area contributed by atoms with Crippen LogP contribution in [-0.4, -0.2) is 9.78 Å². The van der Waals surface area contributed by atoms with E-state index in [0.29, 0.717) is 27.0 Å². The molecule has 0 aliphatic heterocycles. The third kappa shape index (κ3) is 1.61. The van der Waals surface area contributed by atoms with Crippen LogP contribution in [0.3, 0.4) is 0 Å². The highest BCUT2D eigenvalue weighted by Gasteiger charge is 2.16. The number of rotatable bonds is 1. The highest BCUT2D eigenvalue weighted by molar-refractivity contribution is 9.10. The van der Waals surface area contributed by atoms with Crippen molar-refractivity contribution in [2.24, 2.45) is 7.05 Å². The molecule has 0 atom stereocenters. The first-order valence-corrected chi connectivity index (χ1v) is 5.54. The van der Waals surface area contributed by atoms with Crippen LogP contribution in [0.25, 0.3) is 11.1 Å². The molecule has 0 amide bonds. The fourth-order valence-electron chi connectivity index (χ4n) is 1.54. The Morgan fingerprint density at radius 3 is 2.69 bits per heavy atom. The van der Waals surface area contributed by atoms with Gasteiger partial charge < -0.3 is 5.73 Å². The molecule has 3 nitrogen and oxygen atoms in total. The van der Waals surface area contributed by atoms with Gasteiger partial charge in [0.25, 0.3) is 0 Å². The van der Waals surface area contributed by atoms with E-state index in [1.54, 1.807) is 32.3 Å². The lowest BCUT2D eigenvalue weighted by Gasteiger charge is -2.07. The Kier molecular flexibility index (Phi) is 2.71. The average molecular weight is 284 g/mol. The van der Waals surface area contributed by atoms with E-state index in [1.165, 1.54) is 4.68 Å². The van der Waals surface area contributed by atoms with E-state index >= 15 is 0 Å². The highest BCUT2D eigenvalue weighted by atomic mass is 79.9. The summed E-state index contributed by atoms with van der Waals surface area (Å²) in [5.41, 5.74) is 7.49. The summed E-state index contributed by atoms with van der Waals surface area (Å²) in [5, 5.41) is 4.01. The van der Waals surface area contributed by atoms with Crippen LogP contribution >= 0.6 is 15.9 Å². The molecule has 16 heavy (non-hydrogen) atoms. The van der Waals surface area contributed by atoms with Crippen molar-refractivity contribution in [1.29, 1.82) is 0 Å². The first-order chi connectivity index (χ1) is 7.52. The Bertz CT molecular complexity index is 548. The number of anilines is 1. The average Bonchev–Trinajstić information content (AvgIpc) is 2.56. The monoisotopic (exact) mass is 283 g/mol. The van der Waals surface area contributed by atoms with Crippen molar-refractivity contribution < 1.29 is 4.39 Å². The number of hydrogen-bond acceptors (Lipinski definition) is 2. The third-order valence-corrected chi connectivity index (χ3v) is 3.20. The van der Waals surface area contributed by atoms with Crippen molar-refractivity contribution in [3.63, 3.8) is 0 Å². The maximum Gasteiger partial charge on any atom is 0.135 e. The lowest BCUT2D eigenvalue weighted by atomic mass is 10.1. The molecular weight excluding hydrogens is 273 g/mol. The fraction of sp³-hybridized carbons (Fsp3) is 0.182. The van der Waals surface area contributed by atoms with E-state index in [4.69, 9.17) is 5.73 Å². The Hall–Kier alpha value is -1.36. The van der Waals surface area contributed by atoms with Gasteiger partial charge in [0.15, 0.2) is 0 Å². The lowest BCUT2D eigenvalue weighted by Crippen LogP contribution is -1.99. The minimum absolute atomic E-state index is 0.269. The summed E-state index contributed by atoms with van der Waals surface area (Å²) < 4.78 is 16.2. The van der Waals surface area contributed by atoms with Crippen molar-refractivity contribution in [3.05, 3.63) is 34.2 Å². The number of halogens is 2. The summed E-state index contributed by atoms with van der Waals surface area (Å²) in [6.45, 7) is 1.72. The topological polar surface area (TPSA) is 43.8 Å². The van der Waals surface area contributed by atoms with Gasteiger partial charge in [0.2, 0.25) is 0 Å². The second kappa shape index (κ2) is 3.90. The minimum atomic E-state index is -0.269. The summed E-state index contributed by atoms with van der Waals surface area (Å²) in [4.78, 5) is 0. The third-order valence-electron chi connectivity index (χ3n) is 2.54. The largest absolute Gasteiger partial charge is 0.383 e. The number of nitrogens with zero attached hydrogens (tertiary/aromatic N) is 2. The van der Waals surface area contributed by atoms with Gasteiger partial charge >= 0.3 is 0 Å². The van der Waals surface area contributed by atoms with Gasteiger partial charge in [0, 0.05) is 22.6 Å². The predicted molar refractivity (Wildman–Crippen MR) is 65.5 cm³/mol. The molecule has 0 saturated heterocycles. The van der Waals surface area contributed by atoms with Crippen molar-refractivity contribution in [3.8, 4) is 11.1 Å². The standard InChI is InChI=1S/C11H11BrFN3/c1-6-3-4-8(12)9(10(6)13)7-5-15-16(2)11(7)14/h3-5H,14H2,1-2H3. The Morgan fingerprint density at radius 2 is 2.12 bits per heavy atom. The molecule has 0 radical (unpaired) electrons. The van der Waals surface area contributed by atoms with Gasteiger partial charge in [-0.05, 0) is 18.6 Å². The zero-order valence-electron chi connectivity index (χ0n) is 8.96. The summed E-state index contributed by atoms with van der Waals surface area (Å²) >= 11 is 3.33. The lowest BCUT2D eigenvalue weighted by molar-refractivity contribution is 0.621. The van der Waals surface area contributed by atoms with Gasteiger partial charge in [-0.2, -0.15) is 5.10 Å².